The number of nitrogens with zero attached hydrogens (tertiary/aromatic N) is 2. The van der Waals surface area contributed by atoms with Gasteiger partial charge in [-0.1, -0.05) is 25.4 Å². The van der Waals surface area contributed by atoms with Crippen molar-refractivity contribution in [3.8, 4) is 0 Å². The van der Waals surface area contributed by atoms with Gasteiger partial charge in [0.2, 0.25) is 0 Å². The Bertz CT molecular complexity index is 786. The minimum absolute atomic E-state index is 0.0761. The Hall–Kier alpha value is -2.40. The minimum Gasteiger partial charge on any atom is -0.339 e. The van der Waals surface area contributed by atoms with Crippen molar-refractivity contribution in [1.82, 2.24) is 9.88 Å². The molecule has 0 aliphatic heterocycles. The molecule has 1 aromatic carbocycles. The Morgan fingerprint density at radius 2 is 1.81 bits per heavy atom. The SMILES string of the molecule is CCCN(CCC)C(=O)c1ccnc(C(=O)Nc2ccc(Cl)cc2C)c1. The molecule has 0 unspecified atom stereocenters. The predicted molar refractivity (Wildman–Crippen MR) is 105 cm³/mol. The second-order valence-electron chi connectivity index (χ2n) is 6.14. The molecule has 0 fully saturated rings. The molecule has 5 nitrogen and oxygen atoms in total. The molecule has 2 rings (SSSR count). The van der Waals surface area contributed by atoms with E-state index in [1.54, 1.807) is 35.2 Å². The number of amides is 2. The van der Waals surface area contributed by atoms with Crippen molar-refractivity contribution in [3.05, 3.63) is 58.4 Å². The van der Waals surface area contributed by atoms with Gasteiger partial charge in [0.25, 0.3) is 11.8 Å². The molecule has 0 atom stereocenters. The van der Waals surface area contributed by atoms with E-state index in [1.165, 1.54) is 6.20 Å². The lowest BCUT2D eigenvalue weighted by atomic mass is 10.1. The van der Waals surface area contributed by atoms with Crippen LogP contribution >= 0.6 is 11.6 Å². The van der Waals surface area contributed by atoms with Crippen LogP contribution in [0.3, 0.4) is 0 Å². The summed E-state index contributed by atoms with van der Waals surface area (Å²) in [7, 11) is 0. The van der Waals surface area contributed by atoms with Crippen molar-refractivity contribution in [2.45, 2.75) is 33.6 Å². The fourth-order valence-electron chi connectivity index (χ4n) is 2.68. The summed E-state index contributed by atoms with van der Waals surface area (Å²) in [6, 6.07) is 8.42. The molecule has 2 aromatic rings. The highest BCUT2D eigenvalue weighted by Crippen LogP contribution is 2.20. The molecule has 1 N–H and O–H groups in total. The molecule has 0 aliphatic rings. The van der Waals surface area contributed by atoms with E-state index in [-0.39, 0.29) is 17.5 Å². The lowest BCUT2D eigenvalue weighted by molar-refractivity contribution is 0.0755. The quantitative estimate of drug-likeness (QED) is 0.773. The normalized spacial score (nSPS) is 10.5. The average Bonchev–Trinajstić information content (AvgIpc) is 2.63. The first kappa shape index (κ1) is 19.9. The number of rotatable bonds is 7. The zero-order valence-electron chi connectivity index (χ0n) is 15.4. The molecule has 138 valence electrons. The van der Waals surface area contributed by atoms with Crippen molar-refractivity contribution in [2.24, 2.45) is 0 Å². The number of hydrogen-bond acceptors (Lipinski definition) is 3. The first-order valence-electron chi connectivity index (χ1n) is 8.79. The van der Waals surface area contributed by atoms with E-state index in [2.05, 4.69) is 10.3 Å². The number of aryl methyl sites for hydroxylation is 1. The van der Waals surface area contributed by atoms with Crippen LogP contribution in [-0.4, -0.2) is 34.8 Å². The Balaban J connectivity index is 2.19. The molecule has 2 amide bonds. The first-order valence-corrected chi connectivity index (χ1v) is 9.16. The van der Waals surface area contributed by atoms with Crippen molar-refractivity contribution < 1.29 is 9.59 Å². The van der Waals surface area contributed by atoms with Gasteiger partial charge in [-0.3, -0.25) is 14.6 Å². The average molecular weight is 374 g/mol. The first-order chi connectivity index (χ1) is 12.5. The van der Waals surface area contributed by atoms with E-state index in [0.29, 0.717) is 29.4 Å². The predicted octanol–water partition coefficient (Wildman–Crippen LogP) is 4.56. The molecular formula is C20H24ClN3O2. The van der Waals surface area contributed by atoms with E-state index in [4.69, 9.17) is 11.6 Å². The number of aromatic nitrogens is 1. The van der Waals surface area contributed by atoms with Gasteiger partial charge in [-0.25, -0.2) is 0 Å². The molecule has 1 aromatic heterocycles. The van der Waals surface area contributed by atoms with Crippen LogP contribution < -0.4 is 5.32 Å². The van der Waals surface area contributed by atoms with Gasteiger partial charge < -0.3 is 10.2 Å². The summed E-state index contributed by atoms with van der Waals surface area (Å²) in [4.78, 5) is 31.1. The Labute approximate surface area is 159 Å². The molecule has 0 saturated carbocycles. The molecule has 0 aliphatic carbocycles. The second-order valence-corrected chi connectivity index (χ2v) is 6.57. The Morgan fingerprint density at radius 1 is 1.12 bits per heavy atom. The summed E-state index contributed by atoms with van der Waals surface area (Å²) in [5.41, 5.74) is 2.20. The molecule has 1 heterocycles. The van der Waals surface area contributed by atoms with Gasteiger partial charge in [-0.15, -0.1) is 0 Å². The monoisotopic (exact) mass is 373 g/mol. The van der Waals surface area contributed by atoms with Gasteiger partial charge in [0.05, 0.1) is 0 Å². The Kier molecular flexibility index (Phi) is 7.16. The summed E-state index contributed by atoms with van der Waals surface area (Å²) < 4.78 is 0. The largest absolute Gasteiger partial charge is 0.339 e. The lowest BCUT2D eigenvalue weighted by Gasteiger charge is -2.21. The summed E-state index contributed by atoms with van der Waals surface area (Å²) in [5.74, 6) is -0.435. The number of carbonyl (C=O) groups is 2. The summed E-state index contributed by atoms with van der Waals surface area (Å²) in [6.45, 7) is 7.33. The van der Waals surface area contributed by atoms with Crippen LogP contribution in [0.25, 0.3) is 0 Å². The third-order valence-corrected chi connectivity index (χ3v) is 4.19. The summed E-state index contributed by atoms with van der Waals surface area (Å²) in [5, 5.41) is 3.42. The summed E-state index contributed by atoms with van der Waals surface area (Å²) in [6.07, 6.45) is 3.27. The number of anilines is 1. The Morgan fingerprint density at radius 3 is 2.42 bits per heavy atom. The standard InChI is InChI=1S/C20H24ClN3O2/c1-4-10-24(11-5-2)20(26)15-8-9-22-18(13-15)19(25)23-17-7-6-16(21)12-14(17)3/h6-9,12-13H,4-5,10-11H2,1-3H3,(H,23,25). The number of benzene rings is 1. The smallest absolute Gasteiger partial charge is 0.274 e. The fourth-order valence-corrected chi connectivity index (χ4v) is 2.91. The van der Waals surface area contributed by atoms with Crippen LogP contribution in [0.4, 0.5) is 5.69 Å². The maximum atomic E-state index is 12.7. The third-order valence-electron chi connectivity index (χ3n) is 3.95. The van der Waals surface area contributed by atoms with Gasteiger partial charge in [-0.05, 0) is 55.7 Å². The van der Waals surface area contributed by atoms with Gasteiger partial charge >= 0.3 is 0 Å². The number of hydrogen-bond donors (Lipinski definition) is 1. The van der Waals surface area contributed by atoms with Crippen LogP contribution in [-0.2, 0) is 0 Å². The lowest BCUT2D eigenvalue weighted by Crippen LogP contribution is -2.32. The highest BCUT2D eigenvalue weighted by molar-refractivity contribution is 6.30. The van der Waals surface area contributed by atoms with Gasteiger partial charge in [0.1, 0.15) is 5.69 Å². The number of nitrogens with one attached hydrogen (secondary N) is 1. The van der Waals surface area contributed by atoms with E-state index < -0.39 is 0 Å². The molecule has 0 bridgehead atoms. The van der Waals surface area contributed by atoms with Gasteiger partial charge in [0, 0.05) is 35.6 Å². The molecule has 0 saturated heterocycles. The second kappa shape index (κ2) is 9.34. The van der Waals surface area contributed by atoms with E-state index >= 15 is 0 Å². The topological polar surface area (TPSA) is 62.3 Å². The van der Waals surface area contributed by atoms with E-state index in [0.717, 1.165) is 18.4 Å². The molecule has 0 radical (unpaired) electrons. The van der Waals surface area contributed by atoms with Crippen molar-refractivity contribution in [2.75, 3.05) is 18.4 Å². The maximum absolute atomic E-state index is 12.7. The molecule has 6 heteroatoms. The summed E-state index contributed by atoms with van der Waals surface area (Å²) >= 11 is 5.94. The number of halogens is 1. The number of pyridine rings is 1. The highest BCUT2D eigenvalue weighted by atomic mass is 35.5. The van der Waals surface area contributed by atoms with Crippen molar-refractivity contribution >= 4 is 29.1 Å². The van der Waals surface area contributed by atoms with Crippen LogP contribution in [0.2, 0.25) is 5.02 Å². The molecule has 26 heavy (non-hydrogen) atoms. The van der Waals surface area contributed by atoms with Gasteiger partial charge in [-0.2, -0.15) is 0 Å². The zero-order chi connectivity index (χ0) is 19.1. The maximum Gasteiger partial charge on any atom is 0.274 e. The van der Waals surface area contributed by atoms with Crippen molar-refractivity contribution in [3.63, 3.8) is 0 Å². The third kappa shape index (κ3) is 5.05. The van der Waals surface area contributed by atoms with Crippen LogP contribution in [0.15, 0.2) is 36.5 Å². The number of carbonyl (C=O) groups excluding carboxylic acids is 2. The van der Waals surface area contributed by atoms with E-state index in [1.807, 2.05) is 20.8 Å². The molecule has 0 spiro atoms. The van der Waals surface area contributed by atoms with E-state index in [9.17, 15) is 9.59 Å². The van der Waals surface area contributed by atoms with Crippen LogP contribution in [0.1, 0.15) is 53.1 Å². The zero-order valence-corrected chi connectivity index (χ0v) is 16.1. The minimum atomic E-state index is -0.359. The fraction of sp³-hybridized carbons (Fsp3) is 0.350. The highest BCUT2D eigenvalue weighted by Gasteiger charge is 2.17. The van der Waals surface area contributed by atoms with Crippen LogP contribution in [0, 0.1) is 6.92 Å². The van der Waals surface area contributed by atoms with Crippen LogP contribution in [0.5, 0.6) is 0 Å². The van der Waals surface area contributed by atoms with Gasteiger partial charge in [0.15, 0.2) is 0 Å². The molecular weight excluding hydrogens is 350 g/mol. The van der Waals surface area contributed by atoms with Crippen molar-refractivity contribution in [1.29, 1.82) is 0 Å².